The molecule has 0 radical (unpaired) electrons. The van der Waals surface area contributed by atoms with Crippen LogP contribution in [0.1, 0.15) is 33.3 Å². The van der Waals surface area contributed by atoms with E-state index >= 15 is 0 Å². The minimum atomic E-state index is -0.670. The molecule has 0 spiro atoms. The van der Waals surface area contributed by atoms with Crippen LogP contribution in [0.4, 0.5) is 4.39 Å². The Morgan fingerprint density at radius 1 is 1.14 bits per heavy atom. The van der Waals surface area contributed by atoms with Crippen LogP contribution in [0.2, 0.25) is 0 Å². The zero-order valence-electron chi connectivity index (χ0n) is 13.5. The quantitative estimate of drug-likeness (QED) is 0.631. The van der Waals surface area contributed by atoms with Crippen molar-refractivity contribution >= 4 is 12.6 Å². The van der Waals surface area contributed by atoms with Crippen LogP contribution in [0.3, 0.4) is 0 Å². The molecule has 0 aliphatic carbocycles. The highest BCUT2D eigenvalue weighted by molar-refractivity contribution is 6.63. The van der Waals surface area contributed by atoms with Crippen LogP contribution in [0.25, 0.3) is 0 Å². The molecular weight excluding hydrogens is 274 g/mol. The van der Waals surface area contributed by atoms with Crippen LogP contribution in [0.5, 0.6) is 5.75 Å². The fourth-order valence-corrected chi connectivity index (χ4v) is 2.17. The molecule has 0 saturated carbocycles. The Bertz CT molecular complexity index is 515. The second kappa shape index (κ2) is 5.59. The van der Waals surface area contributed by atoms with Crippen molar-refractivity contribution in [3.05, 3.63) is 23.5 Å². The van der Waals surface area contributed by atoms with Crippen LogP contribution in [-0.2, 0) is 14.0 Å². The van der Waals surface area contributed by atoms with E-state index in [1.54, 1.807) is 0 Å². The maximum absolute atomic E-state index is 14.2. The lowest BCUT2D eigenvalue weighted by atomic mass is 9.77. The molecule has 2 rings (SSSR count). The molecule has 0 bridgehead atoms. The second-order valence-electron chi connectivity index (χ2n) is 6.30. The standard InChI is InChI=1S/C15H22BFO4/c1-10-7-11(13(12(17)8-10)19-9-18-6)16-20-14(2,3)15(4,5)21-16/h7-8H,9H2,1-6H3. The molecule has 1 fully saturated rings. The molecule has 1 aliphatic heterocycles. The Morgan fingerprint density at radius 3 is 2.24 bits per heavy atom. The monoisotopic (exact) mass is 296 g/mol. The van der Waals surface area contributed by atoms with E-state index in [0.717, 1.165) is 5.56 Å². The molecule has 0 aromatic heterocycles. The third-order valence-electron chi connectivity index (χ3n) is 4.04. The summed E-state index contributed by atoms with van der Waals surface area (Å²) in [4.78, 5) is 0. The summed E-state index contributed by atoms with van der Waals surface area (Å²) in [5, 5.41) is 0. The van der Waals surface area contributed by atoms with Gasteiger partial charge in [-0.05, 0) is 46.2 Å². The molecule has 6 heteroatoms. The molecular formula is C15H22BFO4. The van der Waals surface area contributed by atoms with Crippen molar-refractivity contribution in [1.82, 2.24) is 0 Å². The molecule has 1 aromatic rings. The van der Waals surface area contributed by atoms with Crippen LogP contribution < -0.4 is 10.2 Å². The van der Waals surface area contributed by atoms with E-state index in [1.165, 1.54) is 13.2 Å². The predicted molar refractivity (Wildman–Crippen MR) is 79.4 cm³/mol. The zero-order chi connectivity index (χ0) is 15.8. The van der Waals surface area contributed by atoms with E-state index in [0.29, 0.717) is 5.46 Å². The van der Waals surface area contributed by atoms with Crippen LogP contribution in [-0.4, -0.2) is 32.2 Å². The summed E-state index contributed by atoms with van der Waals surface area (Å²) in [6, 6.07) is 3.23. The van der Waals surface area contributed by atoms with Gasteiger partial charge in [0.15, 0.2) is 18.4 Å². The van der Waals surface area contributed by atoms with Gasteiger partial charge in [0.25, 0.3) is 0 Å². The first-order valence-electron chi connectivity index (χ1n) is 6.95. The van der Waals surface area contributed by atoms with Gasteiger partial charge in [0.1, 0.15) is 0 Å². The van der Waals surface area contributed by atoms with Gasteiger partial charge in [-0.1, -0.05) is 6.07 Å². The van der Waals surface area contributed by atoms with E-state index in [2.05, 4.69) is 0 Å². The number of hydrogen-bond acceptors (Lipinski definition) is 4. The Balaban J connectivity index is 2.40. The number of rotatable bonds is 4. The summed E-state index contributed by atoms with van der Waals surface area (Å²) in [7, 11) is 0.817. The summed E-state index contributed by atoms with van der Waals surface area (Å²) in [6.45, 7) is 9.59. The molecule has 1 saturated heterocycles. The topological polar surface area (TPSA) is 36.9 Å². The molecule has 116 valence electrons. The van der Waals surface area contributed by atoms with E-state index in [4.69, 9.17) is 18.8 Å². The Labute approximate surface area is 125 Å². The van der Waals surface area contributed by atoms with Crippen molar-refractivity contribution in [2.24, 2.45) is 0 Å². The molecule has 1 aromatic carbocycles. The first-order chi connectivity index (χ1) is 9.68. The molecule has 21 heavy (non-hydrogen) atoms. The highest BCUT2D eigenvalue weighted by Gasteiger charge is 2.52. The van der Waals surface area contributed by atoms with Gasteiger partial charge in [0.2, 0.25) is 0 Å². The number of hydrogen-bond donors (Lipinski definition) is 0. The maximum Gasteiger partial charge on any atom is 0.498 e. The maximum atomic E-state index is 14.2. The third-order valence-corrected chi connectivity index (χ3v) is 4.04. The Morgan fingerprint density at radius 2 is 1.71 bits per heavy atom. The molecule has 0 unspecified atom stereocenters. The lowest BCUT2D eigenvalue weighted by Gasteiger charge is -2.32. The Hall–Kier alpha value is -1.11. The first kappa shape index (κ1) is 16.3. The number of halogens is 1. The van der Waals surface area contributed by atoms with Crippen LogP contribution >= 0.6 is 0 Å². The average molecular weight is 296 g/mol. The number of ether oxygens (including phenoxy) is 2. The van der Waals surface area contributed by atoms with Gasteiger partial charge in [-0.25, -0.2) is 4.39 Å². The minimum absolute atomic E-state index is 0.0352. The van der Waals surface area contributed by atoms with Crippen molar-refractivity contribution < 1.29 is 23.2 Å². The normalized spacial score (nSPS) is 19.9. The van der Waals surface area contributed by atoms with Crippen LogP contribution in [0, 0.1) is 12.7 Å². The van der Waals surface area contributed by atoms with E-state index in [-0.39, 0.29) is 12.5 Å². The summed E-state index contributed by atoms with van der Waals surface area (Å²) >= 11 is 0. The molecule has 0 atom stereocenters. The van der Waals surface area contributed by atoms with Crippen LogP contribution in [0.15, 0.2) is 12.1 Å². The fourth-order valence-electron chi connectivity index (χ4n) is 2.17. The van der Waals surface area contributed by atoms with Gasteiger partial charge >= 0.3 is 7.12 Å². The highest BCUT2D eigenvalue weighted by atomic mass is 19.1. The lowest BCUT2D eigenvalue weighted by molar-refractivity contribution is 0.00578. The van der Waals surface area contributed by atoms with Gasteiger partial charge in [0, 0.05) is 12.6 Å². The van der Waals surface area contributed by atoms with E-state index in [1.807, 2.05) is 40.7 Å². The predicted octanol–water partition coefficient (Wildman–Crippen LogP) is 2.42. The summed E-state index contributed by atoms with van der Waals surface area (Å²) in [5.41, 5.74) is 0.345. The first-order valence-corrected chi connectivity index (χ1v) is 6.95. The number of methoxy groups -OCH3 is 1. The SMILES string of the molecule is COCOc1c(F)cc(C)cc1B1OC(C)(C)C(C)(C)O1. The second-order valence-corrected chi connectivity index (χ2v) is 6.30. The van der Waals surface area contributed by atoms with Crippen molar-refractivity contribution in [3.8, 4) is 5.75 Å². The zero-order valence-corrected chi connectivity index (χ0v) is 13.5. The van der Waals surface area contributed by atoms with Crippen molar-refractivity contribution in [3.63, 3.8) is 0 Å². The summed E-state index contributed by atoms with van der Waals surface area (Å²) in [6.07, 6.45) is 0. The average Bonchev–Trinajstić information content (AvgIpc) is 2.56. The fraction of sp³-hybridized carbons (Fsp3) is 0.600. The number of benzene rings is 1. The molecule has 0 N–H and O–H groups in total. The van der Waals surface area contributed by atoms with Gasteiger partial charge in [0.05, 0.1) is 11.2 Å². The highest BCUT2D eigenvalue weighted by Crippen LogP contribution is 2.37. The Kier molecular flexibility index (Phi) is 4.33. The summed E-state index contributed by atoms with van der Waals surface area (Å²) in [5.74, 6) is -0.335. The van der Waals surface area contributed by atoms with Crippen molar-refractivity contribution in [2.75, 3.05) is 13.9 Å². The van der Waals surface area contributed by atoms with E-state index in [9.17, 15) is 4.39 Å². The molecule has 0 amide bonds. The minimum Gasteiger partial charge on any atom is -0.465 e. The van der Waals surface area contributed by atoms with E-state index < -0.39 is 24.1 Å². The third kappa shape index (κ3) is 3.07. The smallest absolute Gasteiger partial charge is 0.465 e. The summed E-state index contributed by atoms with van der Waals surface area (Å²) < 4.78 is 36.3. The van der Waals surface area contributed by atoms with Gasteiger partial charge < -0.3 is 18.8 Å². The van der Waals surface area contributed by atoms with Crippen molar-refractivity contribution in [1.29, 1.82) is 0 Å². The molecule has 4 nitrogen and oxygen atoms in total. The molecule has 1 heterocycles. The van der Waals surface area contributed by atoms with Gasteiger partial charge in [-0.2, -0.15) is 0 Å². The van der Waals surface area contributed by atoms with Gasteiger partial charge in [-0.3, -0.25) is 0 Å². The molecule has 1 aliphatic rings. The lowest BCUT2D eigenvalue weighted by Crippen LogP contribution is -2.41. The number of aryl methyl sites for hydroxylation is 1. The van der Waals surface area contributed by atoms with Gasteiger partial charge in [-0.15, -0.1) is 0 Å². The van der Waals surface area contributed by atoms with Crippen molar-refractivity contribution in [2.45, 2.75) is 45.8 Å². The largest absolute Gasteiger partial charge is 0.498 e.